The van der Waals surface area contributed by atoms with Gasteiger partial charge in [0.1, 0.15) is 11.9 Å². The second kappa shape index (κ2) is 6.62. The zero-order chi connectivity index (χ0) is 12.7. The molecule has 0 aromatic heterocycles. The van der Waals surface area contributed by atoms with Crippen molar-refractivity contribution in [3.8, 4) is 0 Å². The largest absolute Gasteiger partial charge is 0.411 e. The van der Waals surface area contributed by atoms with E-state index >= 15 is 0 Å². The van der Waals surface area contributed by atoms with Gasteiger partial charge in [-0.15, -0.1) is 0 Å². The lowest BCUT2D eigenvalue weighted by Crippen LogP contribution is -2.32. The average Bonchev–Trinajstić information content (AvgIpc) is 2.26. The molecule has 16 heavy (non-hydrogen) atoms. The van der Waals surface area contributed by atoms with Gasteiger partial charge in [0.25, 0.3) is 0 Å². The van der Waals surface area contributed by atoms with Crippen molar-refractivity contribution in [1.29, 1.82) is 0 Å². The van der Waals surface area contributed by atoms with E-state index in [-0.39, 0.29) is 5.57 Å². The highest BCUT2D eigenvalue weighted by molar-refractivity contribution is 6.13. The van der Waals surface area contributed by atoms with Gasteiger partial charge in [0, 0.05) is 11.6 Å². The smallest absolute Gasteiger partial charge is 0.407 e. The highest BCUT2D eigenvalue weighted by atomic mass is 35.5. The van der Waals surface area contributed by atoms with Gasteiger partial charge in [-0.05, 0) is 6.92 Å². The van der Waals surface area contributed by atoms with E-state index in [1.165, 1.54) is 6.92 Å². The van der Waals surface area contributed by atoms with Crippen LogP contribution in [0.5, 0.6) is 0 Å². The summed E-state index contributed by atoms with van der Waals surface area (Å²) >= 11 is 4.76. The lowest BCUT2D eigenvalue weighted by molar-refractivity contribution is -0.194. The van der Waals surface area contributed by atoms with Crippen LogP contribution in [-0.2, 0) is 28.1 Å². The molecule has 0 aromatic carbocycles. The minimum absolute atomic E-state index is 0.0158. The summed E-state index contributed by atoms with van der Waals surface area (Å²) in [5.41, 5.74) is 0.0158. The Morgan fingerprint density at radius 2 is 1.88 bits per heavy atom. The Labute approximate surface area is 96.6 Å². The predicted molar refractivity (Wildman–Crippen MR) is 52.9 cm³/mol. The van der Waals surface area contributed by atoms with E-state index in [0.717, 1.165) is 6.08 Å². The Morgan fingerprint density at radius 3 is 2.25 bits per heavy atom. The van der Waals surface area contributed by atoms with Crippen LogP contribution >= 0.6 is 11.9 Å². The van der Waals surface area contributed by atoms with Gasteiger partial charge in [-0.2, -0.15) is 0 Å². The second-order valence-corrected chi connectivity index (χ2v) is 2.71. The average molecular weight is 249 g/mol. The Hall–Kier alpha value is -1.82. The summed E-state index contributed by atoms with van der Waals surface area (Å²) in [7, 11) is 0. The van der Waals surface area contributed by atoms with Crippen LogP contribution in [0.15, 0.2) is 24.8 Å². The molecule has 0 N–H and O–H groups in total. The second-order valence-electron chi connectivity index (χ2n) is 2.55. The van der Waals surface area contributed by atoms with Gasteiger partial charge in [0.05, 0.1) is 0 Å². The summed E-state index contributed by atoms with van der Waals surface area (Å²) in [6.07, 6.45) is -1.10. The molecule has 0 aliphatic rings. The quantitative estimate of drug-likeness (QED) is 0.408. The van der Waals surface area contributed by atoms with Crippen molar-refractivity contribution in [2.75, 3.05) is 0 Å². The van der Waals surface area contributed by atoms with Gasteiger partial charge in [0.15, 0.2) is 0 Å². The number of carbonyl (C=O) groups is 3. The molecular formula is C9H9ClO6. The molecule has 0 aliphatic heterocycles. The zero-order valence-electron chi connectivity index (χ0n) is 8.40. The Kier molecular flexibility index (Phi) is 5.87. The minimum Gasteiger partial charge on any atom is -0.411 e. The van der Waals surface area contributed by atoms with Crippen molar-refractivity contribution in [1.82, 2.24) is 0 Å². The number of rotatable bonds is 5. The van der Waals surface area contributed by atoms with Gasteiger partial charge in [-0.1, -0.05) is 13.2 Å². The highest BCUT2D eigenvalue weighted by Gasteiger charge is 2.28. The van der Waals surface area contributed by atoms with E-state index in [1.807, 2.05) is 0 Å². The Balaban J connectivity index is 4.61. The number of halogens is 1. The van der Waals surface area contributed by atoms with Crippen LogP contribution in [0.3, 0.4) is 0 Å². The van der Waals surface area contributed by atoms with Gasteiger partial charge in [0.2, 0.25) is 0 Å². The third kappa shape index (κ3) is 4.61. The molecule has 0 spiro atoms. The maximum absolute atomic E-state index is 11.1. The van der Waals surface area contributed by atoms with E-state index in [4.69, 9.17) is 11.9 Å². The van der Waals surface area contributed by atoms with E-state index < -0.39 is 24.2 Å². The number of hydrogen-bond donors (Lipinski definition) is 0. The summed E-state index contributed by atoms with van der Waals surface area (Å²) in [6.45, 7) is 7.72. The molecule has 0 saturated heterocycles. The molecule has 0 amide bonds. The summed E-state index contributed by atoms with van der Waals surface area (Å²) in [4.78, 5) is 32.8. The van der Waals surface area contributed by atoms with Gasteiger partial charge >= 0.3 is 24.2 Å². The molecule has 1 atom stereocenters. The van der Waals surface area contributed by atoms with Crippen LogP contribution in [-0.4, -0.2) is 24.2 Å². The highest BCUT2D eigenvalue weighted by Crippen LogP contribution is 2.05. The first kappa shape index (κ1) is 14.2. The number of carbonyl (C=O) groups excluding carboxylic acids is 3. The van der Waals surface area contributed by atoms with Crippen molar-refractivity contribution < 1.29 is 28.1 Å². The normalized spacial score (nSPS) is 10.9. The SMILES string of the molecule is C=CC(=O)OC(OC(=O)C(=C)C)C(=O)OCl. The van der Waals surface area contributed by atoms with Crippen molar-refractivity contribution in [2.45, 2.75) is 13.2 Å². The van der Waals surface area contributed by atoms with Gasteiger partial charge in [-0.25, -0.2) is 14.4 Å². The van der Waals surface area contributed by atoms with Gasteiger partial charge < -0.3 is 13.8 Å². The van der Waals surface area contributed by atoms with Crippen LogP contribution in [0.2, 0.25) is 0 Å². The number of esters is 2. The molecule has 0 radical (unpaired) electrons. The van der Waals surface area contributed by atoms with Crippen LogP contribution in [0.1, 0.15) is 6.92 Å². The molecule has 0 heterocycles. The molecule has 0 aliphatic carbocycles. The maximum atomic E-state index is 11.1. The molecule has 6 nitrogen and oxygen atoms in total. The summed E-state index contributed by atoms with van der Waals surface area (Å²) < 4.78 is 12.6. The van der Waals surface area contributed by atoms with Gasteiger partial charge in [-0.3, -0.25) is 0 Å². The third-order valence-electron chi connectivity index (χ3n) is 1.22. The van der Waals surface area contributed by atoms with Crippen molar-refractivity contribution in [3.63, 3.8) is 0 Å². The fourth-order valence-electron chi connectivity index (χ4n) is 0.508. The molecule has 0 fully saturated rings. The minimum atomic E-state index is -1.88. The molecule has 0 saturated carbocycles. The first-order valence-corrected chi connectivity index (χ1v) is 4.25. The number of hydrogen-bond acceptors (Lipinski definition) is 6. The van der Waals surface area contributed by atoms with E-state index in [1.54, 1.807) is 0 Å². The fraction of sp³-hybridized carbons (Fsp3) is 0.222. The van der Waals surface area contributed by atoms with Crippen molar-refractivity contribution >= 4 is 29.8 Å². The van der Waals surface area contributed by atoms with E-state index in [2.05, 4.69) is 26.9 Å². The molecule has 7 heteroatoms. The lowest BCUT2D eigenvalue weighted by atomic mass is 10.4. The summed E-state index contributed by atoms with van der Waals surface area (Å²) in [5, 5.41) is 0. The molecule has 0 aromatic rings. The monoisotopic (exact) mass is 248 g/mol. The van der Waals surface area contributed by atoms with E-state index in [0.29, 0.717) is 0 Å². The lowest BCUT2D eigenvalue weighted by Gasteiger charge is -2.13. The summed E-state index contributed by atoms with van der Waals surface area (Å²) in [6, 6.07) is 0. The molecule has 88 valence electrons. The zero-order valence-corrected chi connectivity index (χ0v) is 9.15. The van der Waals surface area contributed by atoms with Crippen molar-refractivity contribution in [3.05, 3.63) is 24.8 Å². The molecule has 0 rings (SSSR count). The third-order valence-corrected chi connectivity index (χ3v) is 1.37. The molecule has 1 unspecified atom stereocenters. The first-order valence-electron chi connectivity index (χ1n) is 3.94. The topological polar surface area (TPSA) is 78.9 Å². The standard InChI is InChI=1S/C9H9ClO6/c1-4-6(11)14-9(8(13)16-10)15-7(12)5(2)3/h4,9H,1-2H2,3H3. The van der Waals surface area contributed by atoms with Crippen LogP contribution in [0, 0.1) is 0 Å². The van der Waals surface area contributed by atoms with E-state index in [9.17, 15) is 14.4 Å². The van der Waals surface area contributed by atoms with Crippen LogP contribution in [0.4, 0.5) is 0 Å². The Morgan fingerprint density at radius 1 is 1.31 bits per heavy atom. The molecule has 0 bridgehead atoms. The van der Waals surface area contributed by atoms with Crippen molar-refractivity contribution in [2.24, 2.45) is 0 Å². The van der Waals surface area contributed by atoms with Crippen LogP contribution < -0.4 is 0 Å². The molecular weight excluding hydrogens is 240 g/mol. The fourth-order valence-corrected chi connectivity index (χ4v) is 0.581. The first-order chi connectivity index (χ1) is 7.42. The number of ether oxygens (including phenoxy) is 2. The summed E-state index contributed by atoms with van der Waals surface area (Å²) in [5.74, 6) is -3.14. The van der Waals surface area contributed by atoms with Crippen LogP contribution in [0.25, 0.3) is 0 Å². The Bertz CT molecular complexity index is 335. The maximum Gasteiger partial charge on any atom is 0.407 e. The predicted octanol–water partition coefficient (Wildman–Crippen LogP) is 0.858.